The van der Waals surface area contributed by atoms with Crippen LogP contribution in [0.2, 0.25) is 0 Å². The monoisotopic (exact) mass is 194 g/mol. The molecule has 1 unspecified atom stereocenters. The molecule has 0 aliphatic carbocycles. The van der Waals surface area contributed by atoms with Crippen molar-refractivity contribution in [3.05, 3.63) is 0 Å². The van der Waals surface area contributed by atoms with Crippen molar-refractivity contribution in [1.82, 2.24) is 4.90 Å². The van der Waals surface area contributed by atoms with Crippen LogP contribution in [0.15, 0.2) is 0 Å². The maximum absolute atomic E-state index is 9.01. The van der Waals surface area contributed by atoms with Crippen molar-refractivity contribution in [2.24, 2.45) is 5.41 Å². The zero-order valence-electron chi connectivity index (χ0n) is 8.83. The Balaban J connectivity index is 1.87. The molecule has 14 heavy (non-hydrogen) atoms. The van der Waals surface area contributed by atoms with E-state index in [2.05, 4.69) is 17.9 Å². The summed E-state index contributed by atoms with van der Waals surface area (Å²) in [5.74, 6) is 0. The van der Waals surface area contributed by atoms with Gasteiger partial charge in [-0.05, 0) is 26.2 Å². The van der Waals surface area contributed by atoms with E-state index in [0.29, 0.717) is 6.04 Å². The highest BCUT2D eigenvalue weighted by Crippen LogP contribution is 2.31. The molecule has 2 rings (SSSR count). The zero-order valence-corrected chi connectivity index (χ0v) is 8.83. The Hall–Kier alpha value is -0.590. The van der Waals surface area contributed by atoms with Crippen LogP contribution in [0.4, 0.5) is 0 Å². The summed E-state index contributed by atoms with van der Waals surface area (Å²) in [5, 5.41) is 9.01. The molecule has 2 heterocycles. The number of nitrogens with zero attached hydrogens (tertiary/aromatic N) is 2. The first-order valence-electron chi connectivity index (χ1n) is 5.47. The Morgan fingerprint density at radius 2 is 2.14 bits per heavy atom. The van der Waals surface area contributed by atoms with Crippen molar-refractivity contribution in [3.8, 4) is 6.07 Å². The third kappa shape index (κ3) is 1.92. The average molecular weight is 194 g/mol. The molecule has 3 nitrogen and oxygen atoms in total. The summed E-state index contributed by atoms with van der Waals surface area (Å²) < 4.78 is 5.38. The Morgan fingerprint density at radius 1 is 1.43 bits per heavy atom. The highest BCUT2D eigenvalue weighted by molar-refractivity contribution is 4.99. The fourth-order valence-corrected chi connectivity index (χ4v) is 2.30. The van der Waals surface area contributed by atoms with Crippen LogP contribution in [-0.4, -0.2) is 37.2 Å². The van der Waals surface area contributed by atoms with Crippen LogP contribution in [0.5, 0.6) is 0 Å². The van der Waals surface area contributed by atoms with E-state index in [-0.39, 0.29) is 5.41 Å². The molecule has 2 fully saturated rings. The van der Waals surface area contributed by atoms with Crippen LogP contribution < -0.4 is 0 Å². The predicted molar refractivity (Wildman–Crippen MR) is 53.8 cm³/mol. The highest BCUT2D eigenvalue weighted by atomic mass is 16.5. The summed E-state index contributed by atoms with van der Waals surface area (Å²) in [6.07, 6.45) is 3.20. The Labute approximate surface area is 85.6 Å². The second kappa shape index (κ2) is 3.88. The second-order valence-electron chi connectivity index (χ2n) is 4.73. The lowest BCUT2D eigenvalue weighted by atomic mass is 9.81. The molecule has 2 aliphatic heterocycles. The molecular weight excluding hydrogens is 176 g/mol. The number of rotatable bonds is 1. The van der Waals surface area contributed by atoms with Crippen LogP contribution in [0.1, 0.15) is 26.2 Å². The van der Waals surface area contributed by atoms with E-state index in [1.807, 2.05) is 0 Å². The van der Waals surface area contributed by atoms with Crippen LogP contribution >= 0.6 is 0 Å². The van der Waals surface area contributed by atoms with Gasteiger partial charge in [-0.3, -0.25) is 4.90 Å². The summed E-state index contributed by atoms with van der Waals surface area (Å²) in [4.78, 5) is 2.49. The summed E-state index contributed by atoms with van der Waals surface area (Å²) in [5.41, 5.74) is -0.0735. The maximum atomic E-state index is 9.01. The lowest BCUT2D eigenvalue weighted by molar-refractivity contribution is 0.0959. The first-order chi connectivity index (χ1) is 6.73. The average Bonchev–Trinajstić information content (AvgIpc) is 2.72. The molecule has 2 aliphatic rings. The summed E-state index contributed by atoms with van der Waals surface area (Å²) in [7, 11) is 0. The molecule has 0 radical (unpaired) electrons. The number of hydrogen-bond donors (Lipinski definition) is 0. The van der Waals surface area contributed by atoms with Crippen molar-refractivity contribution < 1.29 is 4.74 Å². The number of hydrogen-bond acceptors (Lipinski definition) is 3. The van der Waals surface area contributed by atoms with Crippen molar-refractivity contribution in [3.63, 3.8) is 0 Å². The first kappa shape index (κ1) is 9.95. The number of nitriles is 1. The predicted octanol–water partition coefficient (Wildman–Crippen LogP) is 1.40. The van der Waals surface area contributed by atoms with Gasteiger partial charge in [0.1, 0.15) is 0 Å². The van der Waals surface area contributed by atoms with E-state index in [4.69, 9.17) is 10.00 Å². The van der Waals surface area contributed by atoms with E-state index >= 15 is 0 Å². The van der Waals surface area contributed by atoms with Gasteiger partial charge in [0.25, 0.3) is 0 Å². The summed E-state index contributed by atoms with van der Waals surface area (Å²) in [6, 6.07) is 3.06. The minimum atomic E-state index is -0.0735. The number of likely N-dealkylation sites (tertiary alicyclic amines) is 1. The first-order valence-corrected chi connectivity index (χ1v) is 5.47. The van der Waals surface area contributed by atoms with Crippen molar-refractivity contribution in [2.45, 2.75) is 32.2 Å². The standard InChI is InChI=1S/C11H18N2O/c1-11(9-12)3-5-13(6-4-11)10-2-7-14-8-10/h10H,2-8H2,1H3. The van der Waals surface area contributed by atoms with Crippen molar-refractivity contribution in [2.75, 3.05) is 26.3 Å². The Morgan fingerprint density at radius 3 is 2.64 bits per heavy atom. The highest BCUT2D eigenvalue weighted by Gasteiger charge is 2.33. The van der Waals surface area contributed by atoms with Gasteiger partial charge in [0.2, 0.25) is 0 Å². The molecule has 0 spiro atoms. The molecular formula is C11H18N2O. The van der Waals surface area contributed by atoms with Gasteiger partial charge in [-0.25, -0.2) is 0 Å². The lowest BCUT2D eigenvalue weighted by Crippen LogP contribution is -2.44. The van der Waals surface area contributed by atoms with E-state index in [0.717, 1.165) is 39.1 Å². The van der Waals surface area contributed by atoms with E-state index in [1.54, 1.807) is 0 Å². The van der Waals surface area contributed by atoms with Gasteiger partial charge in [-0.1, -0.05) is 0 Å². The molecule has 0 aromatic heterocycles. The third-order valence-electron chi connectivity index (χ3n) is 3.59. The van der Waals surface area contributed by atoms with E-state index in [9.17, 15) is 0 Å². The smallest absolute Gasteiger partial charge is 0.0687 e. The largest absolute Gasteiger partial charge is 0.380 e. The van der Waals surface area contributed by atoms with Crippen LogP contribution in [-0.2, 0) is 4.74 Å². The van der Waals surface area contributed by atoms with Gasteiger partial charge in [0, 0.05) is 25.7 Å². The normalized spacial score (nSPS) is 32.7. The van der Waals surface area contributed by atoms with Gasteiger partial charge in [0.15, 0.2) is 0 Å². The molecule has 3 heteroatoms. The van der Waals surface area contributed by atoms with Crippen LogP contribution in [0.3, 0.4) is 0 Å². The van der Waals surface area contributed by atoms with Crippen LogP contribution in [0.25, 0.3) is 0 Å². The molecule has 0 amide bonds. The topological polar surface area (TPSA) is 36.3 Å². The molecule has 0 saturated carbocycles. The molecule has 0 N–H and O–H groups in total. The summed E-state index contributed by atoms with van der Waals surface area (Å²) in [6.45, 7) is 6.02. The van der Waals surface area contributed by atoms with Gasteiger partial charge in [0.05, 0.1) is 18.1 Å². The molecule has 0 aromatic carbocycles. The molecule has 1 atom stereocenters. The van der Waals surface area contributed by atoms with Gasteiger partial charge >= 0.3 is 0 Å². The molecule has 78 valence electrons. The van der Waals surface area contributed by atoms with E-state index in [1.165, 1.54) is 6.42 Å². The van der Waals surface area contributed by atoms with Crippen molar-refractivity contribution >= 4 is 0 Å². The van der Waals surface area contributed by atoms with Gasteiger partial charge < -0.3 is 4.74 Å². The number of piperidine rings is 1. The van der Waals surface area contributed by atoms with Crippen LogP contribution in [0, 0.1) is 16.7 Å². The lowest BCUT2D eigenvalue weighted by Gasteiger charge is -2.37. The molecule has 0 aromatic rings. The third-order valence-corrected chi connectivity index (χ3v) is 3.59. The minimum Gasteiger partial charge on any atom is -0.380 e. The SMILES string of the molecule is CC1(C#N)CCN(C2CCOC2)CC1. The van der Waals surface area contributed by atoms with Gasteiger partial charge in [-0.2, -0.15) is 5.26 Å². The fraction of sp³-hybridized carbons (Fsp3) is 0.909. The van der Waals surface area contributed by atoms with Gasteiger partial charge in [-0.15, -0.1) is 0 Å². The maximum Gasteiger partial charge on any atom is 0.0687 e. The quantitative estimate of drug-likeness (QED) is 0.633. The number of ether oxygens (including phenoxy) is 1. The molecule has 0 bridgehead atoms. The fourth-order valence-electron chi connectivity index (χ4n) is 2.30. The summed E-state index contributed by atoms with van der Waals surface area (Å²) >= 11 is 0. The van der Waals surface area contributed by atoms with Crippen molar-refractivity contribution in [1.29, 1.82) is 5.26 Å². The molecule has 2 saturated heterocycles. The zero-order chi connectivity index (χ0) is 10.0. The minimum absolute atomic E-state index is 0.0735. The Kier molecular flexibility index (Phi) is 2.76. The Bertz CT molecular complexity index is 232. The second-order valence-corrected chi connectivity index (χ2v) is 4.73. The van der Waals surface area contributed by atoms with E-state index < -0.39 is 0 Å².